The summed E-state index contributed by atoms with van der Waals surface area (Å²) in [6.45, 7) is 10.4. The van der Waals surface area contributed by atoms with Gasteiger partial charge in [0.2, 0.25) is 11.8 Å². The molecule has 1 N–H and O–H groups in total. The van der Waals surface area contributed by atoms with Crippen molar-refractivity contribution in [2.75, 3.05) is 11.9 Å². The molecule has 3 unspecified atom stereocenters. The molecule has 152 valence electrons. The first kappa shape index (κ1) is 20.5. The number of nitrogens with one attached hydrogen (secondary N) is 1. The van der Waals surface area contributed by atoms with E-state index in [1.165, 1.54) is 18.7 Å². The Morgan fingerprint density at radius 1 is 1.18 bits per heavy atom. The predicted molar refractivity (Wildman–Crippen MR) is 102 cm³/mol. The maximum atomic E-state index is 14.0. The lowest BCUT2D eigenvalue weighted by Gasteiger charge is -2.35. The third kappa shape index (κ3) is 3.21. The maximum Gasteiger partial charge on any atom is 0.245 e. The van der Waals surface area contributed by atoms with Crippen LogP contribution in [0.15, 0.2) is 24.3 Å². The van der Waals surface area contributed by atoms with Gasteiger partial charge in [0.25, 0.3) is 0 Å². The van der Waals surface area contributed by atoms with Crippen LogP contribution in [0.25, 0.3) is 0 Å². The molecule has 0 bridgehead atoms. The quantitative estimate of drug-likeness (QED) is 0.805. The second-order valence-corrected chi connectivity index (χ2v) is 9.35. The van der Waals surface area contributed by atoms with Gasteiger partial charge in [-0.2, -0.15) is 0 Å². The number of ether oxygens (including phenoxy) is 1. The van der Waals surface area contributed by atoms with Gasteiger partial charge in [0.05, 0.1) is 6.61 Å². The van der Waals surface area contributed by atoms with Crippen molar-refractivity contribution in [3.63, 3.8) is 0 Å². The number of nitrogens with zero attached hydrogens (tertiary/aromatic N) is 1. The third-order valence-corrected chi connectivity index (χ3v) is 5.41. The zero-order chi connectivity index (χ0) is 21.1. The Labute approximate surface area is 164 Å². The van der Waals surface area contributed by atoms with Gasteiger partial charge in [-0.3, -0.25) is 14.4 Å². The largest absolute Gasteiger partial charge is 0.355 e. The number of alkyl halides is 1. The standard InChI is InChI=1S/C21H27FN2O4/c1-19(2,3)18-24-17(27)14(15(25)21(24,6)11-28-18)16(26)23-13-9-7-12(8-10-13)20(4,5)22/h7-10,14,18H,11H2,1-6H3,(H,23,26). The lowest BCUT2D eigenvalue weighted by Crippen LogP contribution is -2.50. The molecular formula is C21H27FN2O4. The molecule has 2 amide bonds. The summed E-state index contributed by atoms with van der Waals surface area (Å²) >= 11 is 0. The van der Waals surface area contributed by atoms with Gasteiger partial charge in [-0.25, -0.2) is 4.39 Å². The van der Waals surface area contributed by atoms with Gasteiger partial charge >= 0.3 is 0 Å². The van der Waals surface area contributed by atoms with E-state index in [0.717, 1.165) is 0 Å². The van der Waals surface area contributed by atoms with Crippen LogP contribution in [0.5, 0.6) is 0 Å². The molecule has 6 nitrogen and oxygen atoms in total. The Morgan fingerprint density at radius 3 is 2.25 bits per heavy atom. The van der Waals surface area contributed by atoms with Crippen LogP contribution < -0.4 is 5.32 Å². The minimum Gasteiger partial charge on any atom is -0.355 e. The monoisotopic (exact) mass is 390 g/mol. The first-order valence-corrected chi connectivity index (χ1v) is 9.36. The van der Waals surface area contributed by atoms with Crippen molar-refractivity contribution in [2.45, 2.75) is 59.0 Å². The van der Waals surface area contributed by atoms with Crippen LogP contribution in [0.2, 0.25) is 0 Å². The molecule has 0 spiro atoms. The van der Waals surface area contributed by atoms with Gasteiger partial charge in [0, 0.05) is 11.1 Å². The number of amides is 2. The summed E-state index contributed by atoms with van der Waals surface area (Å²) in [5, 5.41) is 2.61. The normalized spacial score (nSPS) is 27.9. The fraction of sp³-hybridized carbons (Fsp3) is 0.571. The van der Waals surface area contributed by atoms with E-state index in [4.69, 9.17) is 4.74 Å². The molecule has 3 rings (SSSR count). The van der Waals surface area contributed by atoms with E-state index in [1.807, 2.05) is 20.8 Å². The molecule has 0 aromatic heterocycles. The van der Waals surface area contributed by atoms with Crippen LogP contribution in [-0.2, 0) is 24.8 Å². The highest BCUT2D eigenvalue weighted by Crippen LogP contribution is 2.44. The molecule has 0 saturated carbocycles. The smallest absolute Gasteiger partial charge is 0.245 e. The number of Topliss-reactive ketones (excluding diaryl/α,β-unsaturated/α-hetero) is 1. The van der Waals surface area contributed by atoms with Crippen molar-refractivity contribution in [3.8, 4) is 0 Å². The molecule has 1 aromatic carbocycles. The molecule has 0 radical (unpaired) electrons. The van der Waals surface area contributed by atoms with Crippen LogP contribution in [0.1, 0.15) is 47.1 Å². The van der Waals surface area contributed by atoms with Gasteiger partial charge in [0.1, 0.15) is 17.4 Å². The number of ketones is 1. The molecule has 2 heterocycles. The lowest BCUT2D eigenvalue weighted by atomic mass is 9.91. The number of benzene rings is 1. The Morgan fingerprint density at radius 2 is 1.75 bits per heavy atom. The number of hydrogen-bond donors (Lipinski definition) is 1. The van der Waals surface area contributed by atoms with Gasteiger partial charge in [-0.15, -0.1) is 0 Å². The molecule has 2 aliphatic rings. The lowest BCUT2D eigenvalue weighted by molar-refractivity contribution is -0.146. The van der Waals surface area contributed by atoms with E-state index in [9.17, 15) is 18.8 Å². The molecule has 2 saturated heterocycles. The summed E-state index contributed by atoms with van der Waals surface area (Å²) < 4.78 is 19.7. The first-order chi connectivity index (χ1) is 12.8. The van der Waals surface area contributed by atoms with Gasteiger partial charge in [0.15, 0.2) is 11.7 Å². The number of fused-ring (bicyclic) bond motifs is 1. The fourth-order valence-corrected chi connectivity index (χ4v) is 3.79. The third-order valence-electron chi connectivity index (χ3n) is 5.41. The van der Waals surface area contributed by atoms with Crippen LogP contribution >= 0.6 is 0 Å². The molecule has 0 aliphatic carbocycles. The fourth-order valence-electron chi connectivity index (χ4n) is 3.79. The van der Waals surface area contributed by atoms with Crippen LogP contribution in [-0.4, -0.2) is 40.9 Å². The maximum absolute atomic E-state index is 14.0. The highest BCUT2D eigenvalue weighted by molar-refractivity contribution is 6.27. The van der Waals surface area contributed by atoms with Crippen molar-refractivity contribution < 1.29 is 23.5 Å². The predicted octanol–water partition coefficient (Wildman–Crippen LogP) is 3.02. The van der Waals surface area contributed by atoms with Gasteiger partial charge in [-0.05, 0) is 38.5 Å². The number of hydrogen-bond acceptors (Lipinski definition) is 4. The summed E-state index contributed by atoms with van der Waals surface area (Å²) in [6, 6.07) is 6.25. The minimum absolute atomic E-state index is 0.0730. The zero-order valence-electron chi connectivity index (χ0n) is 17.1. The second-order valence-electron chi connectivity index (χ2n) is 9.35. The number of rotatable bonds is 3. The van der Waals surface area contributed by atoms with E-state index in [2.05, 4.69) is 5.32 Å². The Balaban J connectivity index is 1.81. The van der Waals surface area contributed by atoms with E-state index >= 15 is 0 Å². The first-order valence-electron chi connectivity index (χ1n) is 9.36. The van der Waals surface area contributed by atoms with E-state index in [1.54, 1.807) is 31.2 Å². The SMILES string of the molecule is CC(C)(F)c1ccc(NC(=O)C2C(=O)N3C(C(C)(C)C)OCC3(C)C2=O)cc1. The summed E-state index contributed by atoms with van der Waals surface area (Å²) in [5.74, 6) is -3.08. The number of carbonyl (C=O) groups is 3. The number of carbonyl (C=O) groups excluding carboxylic acids is 3. The van der Waals surface area contributed by atoms with Gasteiger partial charge in [-0.1, -0.05) is 32.9 Å². The number of halogens is 1. The highest BCUT2D eigenvalue weighted by Gasteiger charge is 2.65. The summed E-state index contributed by atoms with van der Waals surface area (Å²) in [5.41, 5.74) is -2.16. The summed E-state index contributed by atoms with van der Waals surface area (Å²) in [7, 11) is 0. The van der Waals surface area contributed by atoms with Crippen molar-refractivity contribution in [3.05, 3.63) is 29.8 Å². The highest BCUT2D eigenvalue weighted by atomic mass is 19.1. The van der Waals surface area contributed by atoms with Gasteiger partial charge < -0.3 is 15.0 Å². The van der Waals surface area contributed by atoms with Crippen LogP contribution in [0, 0.1) is 11.3 Å². The average molecular weight is 390 g/mol. The Hall–Kier alpha value is -2.28. The Kier molecular flexibility index (Phi) is 4.65. The average Bonchev–Trinajstić information content (AvgIpc) is 3.01. The molecule has 28 heavy (non-hydrogen) atoms. The van der Waals surface area contributed by atoms with Crippen molar-refractivity contribution >= 4 is 23.3 Å². The molecular weight excluding hydrogens is 363 g/mol. The molecule has 3 atom stereocenters. The van der Waals surface area contributed by atoms with E-state index in [0.29, 0.717) is 11.3 Å². The second kappa shape index (κ2) is 6.37. The summed E-state index contributed by atoms with van der Waals surface area (Å²) in [6.07, 6.45) is -0.571. The Bertz CT molecular complexity index is 822. The summed E-state index contributed by atoms with van der Waals surface area (Å²) in [4.78, 5) is 40.1. The zero-order valence-corrected chi connectivity index (χ0v) is 17.1. The molecule has 2 fully saturated rings. The number of anilines is 1. The minimum atomic E-state index is -1.50. The van der Waals surface area contributed by atoms with Crippen molar-refractivity contribution in [2.24, 2.45) is 11.3 Å². The van der Waals surface area contributed by atoms with Crippen molar-refractivity contribution in [1.29, 1.82) is 0 Å². The van der Waals surface area contributed by atoms with Crippen molar-refractivity contribution in [1.82, 2.24) is 4.90 Å². The van der Waals surface area contributed by atoms with E-state index < -0.39 is 46.4 Å². The van der Waals surface area contributed by atoms with E-state index in [-0.39, 0.29) is 6.61 Å². The molecule has 7 heteroatoms. The van der Waals surface area contributed by atoms with Crippen LogP contribution in [0.4, 0.5) is 10.1 Å². The van der Waals surface area contributed by atoms with Crippen LogP contribution in [0.3, 0.4) is 0 Å². The topological polar surface area (TPSA) is 75.7 Å². The molecule has 1 aromatic rings. The molecule has 2 aliphatic heterocycles.